The maximum absolute atomic E-state index is 5.26. The SMILES string of the molecule is c1ccc(-c2nc(-c3cc4cccc5c4c4c3sc3cccc(c34)-c3ccccc3-5)nc3ccccc23)cc1.c1ccc(-c2nc(-c3ccccc3)nc(-c3cc4cccc5c4c4c3sc3cccc(c34)-c3ccccc3-5)n2)cc1.c1ccc(-c2nc(-c3ccccc3)nc(-c3cccc(-c4cc5cccc6c5c5c4sc4cccc(c45)-c4ccccc4-6)c3)n2)cc1. The van der Waals surface area contributed by atoms with E-state index in [4.69, 9.17) is 39.9 Å². The number of para-hydroxylation sites is 1. The maximum Gasteiger partial charge on any atom is 0.165 e. The molecular weight excluding hydrogens is 1600 g/mol. The number of rotatable bonds is 9. The molecule has 588 valence electrons. The van der Waals surface area contributed by atoms with Gasteiger partial charge in [-0.05, 0) is 153 Å². The molecule has 6 heterocycles. The van der Waals surface area contributed by atoms with Gasteiger partial charge in [0.2, 0.25) is 0 Å². The van der Waals surface area contributed by atoms with E-state index in [9.17, 15) is 0 Å². The normalized spacial score (nSPS) is 11.9. The van der Waals surface area contributed by atoms with E-state index in [0.717, 1.165) is 72.5 Å². The second kappa shape index (κ2) is 29.3. The van der Waals surface area contributed by atoms with Crippen LogP contribution in [-0.2, 0) is 0 Å². The summed E-state index contributed by atoms with van der Waals surface area (Å²) >= 11 is 5.58. The molecule has 0 saturated carbocycles. The van der Waals surface area contributed by atoms with Gasteiger partial charge in [-0.1, -0.05) is 352 Å². The van der Waals surface area contributed by atoms with Crippen molar-refractivity contribution < 1.29 is 0 Å². The van der Waals surface area contributed by atoms with Gasteiger partial charge in [-0.25, -0.2) is 39.9 Å². The van der Waals surface area contributed by atoms with Crippen LogP contribution >= 0.6 is 34.0 Å². The van der Waals surface area contributed by atoms with Gasteiger partial charge in [-0.2, -0.15) is 0 Å². The Morgan fingerprint density at radius 3 is 0.803 bits per heavy atom. The molecule has 28 rings (SSSR count). The fourth-order valence-electron chi connectivity index (χ4n) is 19.8. The van der Waals surface area contributed by atoms with Crippen molar-refractivity contribution in [2.45, 2.75) is 0 Å². The summed E-state index contributed by atoms with van der Waals surface area (Å²) < 4.78 is 7.66. The Kier molecular flexibility index (Phi) is 16.8. The van der Waals surface area contributed by atoms with Crippen molar-refractivity contribution in [1.29, 1.82) is 0 Å². The molecule has 0 bridgehead atoms. The smallest absolute Gasteiger partial charge is 0.165 e. The van der Waals surface area contributed by atoms with Crippen LogP contribution in [0.1, 0.15) is 0 Å². The standard InChI is InChI=1S/C43H25N3S.C37H21N3S.C36H20N2S/c1-3-12-26(13-4-1)41-44-42(27-14-5-2-6-15-27)46-43(45-41)30-18-9-16-28(24-30)35-25-29-17-10-21-33-31-19-7-8-20-32(31)34-22-11-23-36-38(34)39(37(29)33)40(35)47-36;1-3-11-22(12-4-1)35-38-36(23-13-5-2-6-14-23)40-37(39-35)29-21-24-15-9-18-27-25-16-7-8-17-26(25)28-19-10-20-30-32(28)33(31(24)27)34(29)41-30;1-2-10-21(11-3-1)34-27-15-6-7-18-29(27)37-36(38-34)28-20-22-12-8-16-25-23-13-4-5-14-24(23)26-17-9-19-30-32(26)33(31(22)25)35(28)39-30/h1-25H;1-21H;1-20H. The van der Waals surface area contributed by atoms with Crippen molar-refractivity contribution in [2.24, 2.45) is 0 Å². The molecule has 25 aromatic rings. The van der Waals surface area contributed by atoms with E-state index in [-0.39, 0.29) is 0 Å². The number of hydrogen-bond acceptors (Lipinski definition) is 11. The molecule has 0 unspecified atom stereocenters. The Hall–Kier alpha value is -16.0. The van der Waals surface area contributed by atoms with Gasteiger partial charge in [0, 0.05) is 116 Å². The lowest BCUT2D eigenvalue weighted by Crippen LogP contribution is -2.00. The van der Waals surface area contributed by atoms with Crippen LogP contribution < -0.4 is 0 Å². The molecule has 0 radical (unpaired) electrons. The Bertz CT molecular complexity index is 8740. The van der Waals surface area contributed by atoms with Crippen molar-refractivity contribution in [1.82, 2.24) is 39.9 Å². The zero-order valence-electron chi connectivity index (χ0n) is 67.9. The lowest BCUT2D eigenvalue weighted by Gasteiger charge is -2.13. The molecule has 127 heavy (non-hydrogen) atoms. The van der Waals surface area contributed by atoms with E-state index in [1.54, 1.807) is 0 Å². The number of nitrogens with zero attached hydrogens (tertiary/aromatic N) is 8. The Labute approximate surface area is 741 Å². The molecule has 0 amide bonds. The van der Waals surface area contributed by atoms with E-state index in [1.165, 1.54) is 165 Å². The Morgan fingerprint density at radius 2 is 0.417 bits per heavy atom. The van der Waals surface area contributed by atoms with E-state index in [2.05, 4.69) is 297 Å². The fourth-order valence-corrected chi connectivity index (χ4v) is 23.5. The van der Waals surface area contributed by atoms with Crippen LogP contribution in [0.4, 0.5) is 0 Å². The summed E-state index contributed by atoms with van der Waals surface area (Å²) in [4.78, 5) is 40.5. The van der Waals surface area contributed by atoms with Crippen LogP contribution in [-0.4, -0.2) is 39.9 Å². The molecule has 6 aromatic heterocycles. The quantitative estimate of drug-likeness (QED) is 0.141. The third kappa shape index (κ3) is 11.8. The summed E-state index contributed by atoms with van der Waals surface area (Å²) in [7, 11) is 0. The summed E-state index contributed by atoms with van der Waals surface area (Å²) in [6, 6.07) is 142. The number of thiophene rings is 3. The van der Waals surface area contributed by atoms with E-state index >= 15 is 0 Å². The van der Waals surface area contributed by atoms with Crippen LogP contribution in [0.3, 0.4) is 0 Å². The Balaban J connectivity index is 0.000000102. The van der Waals surface area contributed by atoms with E-state index < -0.39 is 0 Å². The van der Waals surface area contributed by atoms with Crippen LogP contribution in [0.15, 0.2) is 400 Å². The summed E-state index contributed by atoms with van der Waals surface area (Å²) in [5.41, 5.74) is 27.8. The van der Waals surface area contributed by atoms with Gasteiger partial charge >= 0.3 is 0 Å². The zero-order chi connectivity index (χ0) is 83.3. The molecule has 0 saturated heterocycles. The van der Waals surface area contributed by atoms with Crippen molar-refractivity contribution in [3.8, 4) is 169 Å². The molecule has 0 aliphatic heterocycles. The summed E-state index contributed by atoms with van der Waals surface area (Å²) in [5.74, 6) is 4.80. The number of aromatic nitrogens is 8. The second-order valence-corrected chi connectivity index (χ2v) is 35.7. The maximum atomic E-state index is 5.26. The van der Waals surface area contributed by atoms with Gasteiger partial charge in [0.25, 0.3) is 0 Å². The minimum Gasteiger partial charge on any atom is -0.228 e. The molecule has 0 atom stereocenters. The first-order chi connectivity index (χ1) is 63.0. The lowest BCUT2D eigenvalue weighted by molar-refractivity contribution is 1.07. The van der Waals surface area contributed by atoms with Crippen molar-refractivity contribution in [3.05, 3.63) is 400 Å². The monoisotopic (exact) mass is 1670 g/mol. The number of hydrogen-bond donors (Lipinski definition) is 0. The molecule has 0 N–H and O–H groups in total. The van der Waals surface area contributed by atoms with Crippen molar-refractivity contribution in [3.63, 3.8) is 0 Å². The van der Waals surface area contributed by atoms with Crippen LogP contribution in [0.25, 0.3) is 273 Å². The third-order valence-electron chi connectivity index (χ3n) is 25.3. The largest absolute Gasteiger partial charge is 0.228 e. The highest BCUT2D eigenvalue weighted by Gasteiger charge is 2.31. The van der Waals surface area contributed by atoms with Gasteiger partial charge < -0.3 is 0 Å². The van der Waals surface area contributed by atoms with Crippen LogP contribution in [0, 0.1) is 0 Å². The van der Waals surface area contributed by atoms with Crippen molar-refractivity contribution >= 4 is 138 Å². The highest BCUT2D eigenvalue weighted by atomic mass is 32.1. The minimum absolute atomic E-state index is 0.658. The highest BCUT2D eigenvalue weighted by molar-refractivity contribution is 7.27. The molecule has 11 heteroatoms. The molecule has 8 nitrogen and oxygen atoms in total. The summed E-state index contributed by atoms with van der Waals surface area (Å²) in [5, 5.41) is 16.7. The van der Waals surface area contributed by atoms with Gasteiger partial charge in [-0.15, -0.1) is 34.0 Å². The predicted octanol–water partition coefficient (Wildman–Crippen LogP) is 31.9. The number of fused-ring (bicyclic) bond motifs is 10. The average molecular weight is 1670 g/mol. The molecular formula is C116H66N8S3. The molecule has 0 fully saturated rings. The summed E-state index contributed by atoms with van der Waals surface area (Å²) in [6.07, 6.45) is 0. The zero-order valence-corrected chi connectivity index (χ0v) is 70.4. The van der Waals surface area contributed by atoms with Crippen molar-refractivity contribution in [2.75, 3.05) is 0 Å². The predicted molar refractivity (Wildman–Crippen MR) is 533 cm³/mol. The minimum atomic E-state index is 0.658. The first-order valence-corrected chi connectivity index (χ1v) is 45.1. The lowest BCUT2D eigenvalue weighted by atomic mass is 9.92. The third-order valence-corrected chi connectivity index (χ3v) is 28.9. The van der Waals surface area contributed by atoms with Gasteiger partial charge in [0.05, 0.1) is 11.2 Å². The van der Waals surface area contributed by atoms with Gasteiger partial charge in [-0.3, -0.25) is 0 Å². The molecule has 3 aliphatic rings. The highest BCUT2D eigenvalue weighted by Crippen LogP contribution is 2.58. The first kappa shape index (κ1) is 72.6. The van der Waals surface area contributed by atoms with Gasteiger partial charge in [0.15, 0.2) is 40.8 Å². The topological polar surface area (TPSA) is 103 Å². The number of benzene rings is 19. The van der Waals surface area contributed by atoms with Crippen LogP contribution in [0.2, 0.25) is 0 Å². The second-order valence-electron chi connectivity index (χ2n) is 32.5. The molecule has 0 spiro atoms. The summed E-state index contributed by atoms with van der Waals surface area (Å²) in [6.45, 7) is 0. The van der Waals surface area contributed by atoms with E-state index in [1.807, 2.05) is 137 Å². The van der Waals surface area contributed by atoms with E-state index in [0.29, 0.717) is 34.9 Å². The molecule has 3 aliphatic carbocycles. The fraction of sp³-hybridized carbons (Fsp3) is 0. The first-order valence-electron chi connectivity index (χ1n) is 42.7. The molecule has 19 aromatic carbocycles. The van der Waals surface area contributed by atoms with Gasteiger partial charge in [0.1, 0.15) is 0 Å². The average Bonchev–Trinajstić information content (AvgIpc) is 1.56. The van der Waals surface area contributed by atoms with Crippen LogP contribution in [0.5, 0.6) is 0 Å². The Morgan fingerprint density at radius 1 is 0.150 bits per heavy atom.